The predicted octanol–water partition coefficient (Wildman–Crippen LogP) is 4.07. The highest BCUT2D eigenvalue weighted by atomic mass is 32.2. The molecule has 1 aliphatic heterocycles. The lowest BCUT2D eigenvalue weighted by atomic mass is 10.1. The highest BCUT2D eigenvalue weighted by Crippen LogP contribution is 2.26. The number of anilines is 2. The van der Waals surface area contributed by atoms with Gasteiger partial charge in [-0.15, -0.1) is 0 Å². The smallest absolute Gasteiger partial charge is 0.264 e. The first-order chi connectivity index (χ1) is 17.3. The largest absolute Gasteiger partial charge is 0.497 e. The Kier molecular flexibility index (Phi) is 7.59. The third-order valence-electron chi connectivity index (χ3n) is 6.08. The van der Waals surface area contributed by atoms with Gasteiger partial charge in [-0.05, 0) is 68.3 Å². The number of hydrogen-bond donors (Lipinski definition) is 1. The third kappa shape index (κ3) is 5.52. The van der Waals surface area contributed by atoms with Crippen LogP contribution >= 0.6 is 0 Å². The van der Waals surface area contributed by atoms with Gasteiger partial charge >= 0.3 is 0 Å². The molecular formula is C27H29N3O5S. The van der Waals surface area contributed by atoms with Crippen LogP contribution in [0.25, 0.3) is 0 Å². The standard InChI is InChI=1S/C27H29N3O5S/c1-20-9-11-21(12-10-20)30(36(33,34)23-15-13-22(35-2)14-16-23)19-26(31)28-25-8-4-3-7-24(25)27(32)29-17-5-6-18-29/h3-4,7-16H,5-6,17-19H2,1-2H3,(H,28,31). The lowest BCUT2D eigenvalue weighted by Crippen LogP contribution is -2.38. The van der Waals surface area contributed by atoms with E-state index in [-0.39, 0.29) is 10.8 Å². The van der Waals surface area contributed by atoms with Crippen molar-refractivity contribution in [1.29, 1.82) is 0 Å². The zero-order valence-corrected chi connectivity index (χ0v) is 21.1. The molecular weight excluding hydrogens is 478 g/mol. The molecule has 1 saturated heterocycles. The summed E-state index contributed by atoms with van der Waals surface area (Å²) in [5.74, 6) is -0.188. The van der Waals surface area contributed by atoms with E-state index >= 15 is 0 Å². The molecule has 0 spiro atoms. The molecule has 0 aliphatic carbocycles. The average molecular weight is 508 g/mol. The van der Waals surface area contributed by atoms with Gasteiger partial charge < -0.3 is 15.0 Å². The summed E-state index contributed by atoms with van der Waals surface area (Å²) in [4.78, 5) is 27.9. The van der Waals surface area contributed by atoms with Gasteiger partial charge in [0, 0.05) is 13.1 Å². The van der Waals surface area contributed by atoms with Gasteiger partial charge in [0.2, 0.25) is 5.91 Å². The quantitative estimate of drug-likeness (QED) is 0.496. The maximum atomic E-state index is 13.6. The van der Waals surface area contributed by atoms with Crippen LogP contribution in [-0.2, 0) is 14.8 Å². The van der Waals surface area contributed by atoms with Crippen LogP contribution in [0, 0.1) is 6.92 Å². The lowest BCUT2D eigenvalue weighted by molar-refractivity contribution is -0.114. The van der Waals surface area contributed by atoms with Gasteiger partial charge in [-0.25, -0.2) is 8.42 Å². The number of sulfonamides is 1. The second-order valence-corrected chi connectivity index (χ2v) is 10.5. The van der Waals surface area contributed by atoms with E-state index in [1.165, 1.54) is 19.2 Å². The zero-order chi connectivity index (χ0) is 25.7. The van der Waals surface area contributed by atoms with Gasteiger partial charge in [0.1, 0.15) is 12.3 Å². The van der Waals surface area contributed by atoms with Crippen LogP contribution in [-0.4, -0.2) is 51.9 Å². The van der Waals surface area contributed by atoms with Gasteiger partial charge in [-0.2, -0.15) is 0 Å². The number of methoxy groups -OCH3 is 1. The highest BCUT2D eigenvalue weighted by molar-refractivity contribution is 7.92. The summed E-state index contributed by atoms with van der Waals surface area (Å²) in [6.07, 6.45) is 1.91. The van der Waals surface area contributed by atoms with Gasteiger partial charge in [0.05, 0.1) is 28.9 Å². The minimum Gasteiger partial charge on any atom is -0.497 e. The van der Waals surface area contributed by atoms with Crippen molar-refractivity contribution in [2.24, 2.45) is 0 Å². The molecule has 3 aromatic rings. The van der Waals surface area contributed by atoms with Gasteiger partial charge in [-0.1, -0.05) is 29.8 Å². The van der Waals surface area contributed by atoms with Crippen LogP contribution in [0.3, 0.4) is 0 Å². The number of hydrogen-bond acceptors (Lipinski definition) is 5. The molecule has 0 radical (unpaired) electrons. The number of rotatable bonds is 8. The van der Waals surface area contributed by atoms with Crippen molar-refractivity contribution in [2.75, 3.05) is 36.4 Å². The van der Waals surface area contributed by atoms with Crippen LogP contribution in [0.2, 0.25) is 0 Å². The first kappa shape index (κ1) is 25.2. The molecule has 0 bridgehead atoms. The number of ether oxygens (including phenoxy) is 1. The predicted molar refractivity (Wildman–Crippen MR) is 139 cm³/mol. The summed E-state index contributed by atoms with van der Waals surface area (Å²) >= 11 is 0. The molecule has 1 N–H and O–H groups in total. The van der Waals surface area contributed by atoms with Crippen molar-refractivity contribution in [1.82, 2.24) is 4.90 Å². The number of para-hydroxylation sites is 1. The minimum absolute atomic E-state index is 0.0290. The Labute approximate surface area is 211 Å². The average Bonchev–Trinajstić information content (AvgIpc) is 3.43. The first-order valence-corrected chi connectivity index (χ1v) is 13.2. The maximum Gasteiger partial charge on any atom is 0.264 e. The fourth-order valence-corrected chi connectivity index (χ4v) is 5.51. The molecule has 3 aromatic carbocycles. The number of amides is 2. The molecule has 0 aromatic heterocycles. The molecule has 36 heavy (non-hydrogen) atoms. The molecule has 9 heteroatoms. The molecule has 1 aliphatic rings. The molecule has 1 heterocycles. The Morgan fingerprint density at radius 1 is 0.944 bits per heavy atom. The van der Waals surface area contributed by atoms with E-state index in [4.69, 9.17) is 4.74 Å². The summed E-state index contributed by atoms with van der Waals surface area (Å²) in [6, 6.07) is 19.7. The minimum atomic E-state index is -4.08. The van der Waals surface area contributed by atoms with E-state index < -0.39 is 22.5 Å². The number of carbonyl (C=O) groups excluding carboxylic acids is 2. The van der Waals surface area contributed by atoms with Gasteiger partial charge in [0.15, 0.2) is 0 Å². The van der Waals surface area contributed by atoms with E-state index in [1.807, 2.05) is 6.92 Å². The van der Waals surface area contributed by atoms with Crippen LogP contribution in [0.4, 0.5) is 11.4 Å². The first-order valence-electron chi connectivity index (χ1n) is 11.7. The molecule has 188 valence electrons. The highest BCUT2D eigenvalue weighted by Gasteiger charge is 2.28. The number of carbonyl (C=O) groups is 2. The molecule has 1 fully saturated rings. The van der Waals surface area contributed by atoms with Crippen LogP contribution in [0.5, 0.6) is 5.75 Å². The summed E-state index contributed by atoms with van der Waals surface area (Å²) in [5.41, 5.74) is 2.05. The lowest BCUT2D eigenvalue weighted by Gasteiger charge is -2.25. The summed E-state index contributed by atoms with van der Waals surface area (Å²) in [5, 5.41) is 2.76. The van der Waals surface area contributed by atoms with E-state index in [2.05, 4.69) is 5.32 Å². The molecule has 0 unspecified atom stereocenters. The fraction of sp³-hybridized carbons (Fsp3) is 0.259. The molecule has 0 saturated carbocycles. The third-order valence-corrected chi connectivity index (χ3v) is 7.87. The Morgan fingerprint density at radius 2 is 1.58 bits per heavy atom. The number of likely N-dealkylation sites (tertiary alicyclic amines) is 1. The monoisotopic (exact) mass is 507 g/mol. The summed E-state index contributed by atoms with van der Waals surface area (Å²) in [6.45, 7) is 2.79. The molecule has 8 nitrogen and oxygen atoms in total. The van der Waals surface area contributed by atoms with Crippen molar-refractivity contribution >= 4 is 33.2 Å². The van der Waals surface area contributed by atoms with Gasteiger partial charge in [-0.3, -0.25) is 13.9 Å². The second kappa shape index (κ2) is 10.8. The van der Waals surface area contributed by atoms with E-state index in [0.717, 1.165) is 22.7 Å². The number of aryl methyl sites for hydroxylation is 1. The molecule has 4 rings (SSSR count). The summed E-state index contributed by atoms with van der Waals surface area (Å²) in [7, 11) is -2.58. The Hall–Kier alpha value is -3.85. The van der Waals surface area contributed by atoms with Crippen LogP contribution in [0.15, 0.2) is 77.7 Å². The molecule has 0 atom stereocenters. The van der Waals surface area contributed by atoms with Crippen LogP contribution < -0.4 is 14.4 Å². The van der Waals surface area contributed by atoms with E-state index in [9.17, 15) is 18.0 Å². The van der Waals surface area contributed by atoms with Crippen molar-refractivity contribution in [3.63, 3.8) is 0 Å². The van der Waals surface area contributed by atoms with Crippen LogP contribution in [0.1, 0.15) is 28.8 Å². The van der Waals surface area contributed by atoms with Crippen molar-refractivity contribution in [2.45, 2.75) is 24.7 Å². The van der Waals surface area contributed by atoms with E-state index in [1.54, 1.807) is 65.6 Å². The number of benzene rings is 3. The second-order valence-electron chi connectivity index (χ2n) is 8.62. The Morgan fingerprint density at radius 3 is 2.22 bits per heavy atom. The topological polar surface area (TPSA) is 96.0 Å². The van der Waals surface area contributed by atoms with Gasteiger partial charge in [0.25, 0.3) is 15.9 Å². The SMILES string of the molecule is COc1ccc(S(=O)(=O)N(CC(=O)Nc2ccccc2C(=O)N2CCCC2)c2ccc(C)cc2)cc1. The van der Waals surface area contributed by atoms with E-state index in [0.29, 0.717) is 35.8 Å². The summed E-state index contributed by atoms with van der Waals surface area (Å²) < 4.78 is 33.4. The Balaban J connectivity index is 1.62. The van der Waals surface area contributed by atoms with Crippen molar-refractivity contribution in [3.8, 4) is 5.75 Å². The van der Waals surface area contributed by atoms with Crippen molar-refractivity contribution < 1.29 is 22.7 Å². The Bertz CT molecular complexity index is 1330. The van der Waals surface area contributed by atoms with Crippen molar-refractivity contribution in [3.05, 3.63) is 83.9 Å². The normalized spacial score (nSPS) is 13.3. The number of nitrogens with one attached hydrogen (secondary N) is 1. The fourth-order valence-electron chi connectivity index (χ4n) is 4.09. The zero-order valence-electron chi connectivity index (χ0n) is 20.3. The molecule has 2 amide bonds. The maximum absolute atomic E-state index is 13.6. The number of nitrogens with zero attached hydrogens (tertiary/aromatic N) is 2.